The zero-order valence-corrected chi connectivity index (χ0v) is 15.8. The number of anilines is 1. The average molecular weight is 389 g/mol. The van der Waals surface area contributed by atoms with Gasteiger partial charge in [0, 0.05) is 23.7 Å². The quantitative estimate of drug-likeness (QED) is 0.377. The van der Waals surface area contributed by atoms with E-state index in [1.54, 1.807) is 60.7 Å². The van der Waals surface area contributed by atoms with Gasteiger partial charge in [0.15, 0.2) is 12.4 Å². The molecule has 3 rings (SSSR count). The molecule has 0 aliphatic carbocycles. The summed E-state index contributed by atoms with van der Waals surface area (Å²) in [4.78, 5) is 35.3. The lowest BCUT2D eigenvalue weighted by atomic mass is 10.0. The fraction of sp³-hybridized carbons (Fsp3) is 0.0870. The molecule has 0 spiro atoms. The normalized spacial score (nSPS) is 10.1. The highest BCUT2D eigenvalue weighted by Gasteiger charge is 2.10. The Kier molecular flexibility index (Phi) is 6.37. The average Bonchev–Trinajstić information content (AvgIpc) is 2.74. The van der Waals surface area contributed by atoms with E-state index in [-0.39, 0.29) is 18.3 Å². The van der Waals surface area contributed by atoms with E-state index in [4.69, 9.17) is 9.47 Å². The predicted molar refractivity (Wildman–Crippen MR) is 108 cm³/mol. The van der Waals surface area contributed by atoms with E-state index in [1.807, 2.05) is 18.2 Å². The number of ether oxygens (including phenoxy) is 2. The molecule has 1 N–H and O–H groups in total. The molecule has 0 saturated heterocycles. The molecule has 0 aliphatic rings. The van der Waals surface area contributed by atoms with Crippen LogP contribution in [0.3, 0.4) is 0 Å². The van der Waals surface area contributed by atoms with Crippen molar-refractivity contribution in [3.8, 4) is 11.5 Å². The Morgan fingerprint density at radius 2 is 1.34 bits per heavy atom. The van der Waals surface area contributed by atoms with E-state index in [9.17, 15) is 14.4 Å². The van der Waals surface area contributed by atoms with E-state index < -0.39 is 5.97 Å². The largest absolute Gasteiger partial charge is 0.482 e. The molecular weight excluding hydrogens is 370 g/mol. The van der Waals surface area contributed by atoms with Crippen molar-refractivity contribution >= 4 is 23.3 Å². The lowest BCUT2D eigenvalue weighted by Crippen LogP contribution is -2.17. The summed E-state index contributed by atoms with van der Waals surface area (Å²) >= 11 is 0. The second kappa shape index (κ2) is 9.32. The Labute approximate surface area is 168 Å². The number of esters is 1. The molecule has 6 heteroatoms. The van der Waals surface area contributed by atoms with Gasteiger partial charge in [-0.1, -0.05) is 30.3 Å². The molecule has 0 unspecified atom stereocenters. The molecule has 29 heavy (non-hydrogen) atoms. The fourth-order valence-electron chi connectivity index (χ4n) is 2.57. The van der Waals surface area contributed by atoms with Gasteiger partial charge in [-0.25, -0.2) is 4.79 Å². The second-order valence-electron chi connectivity index (χ2n) is 6.19. The van der Waals surface area contributed by atoms with Crippen molar-refractivity contribution in [2.75, 3.05) is 11.9 Å². The molecule has 0 aromatic heterocycles. The Morgan fingerprint density at radius 3 is 1.97 bits per heavy atom. The molecule has 0 bridgehead atoms. The standard InChI is InChI=1S/C23H19NO5/c1-16(25)24-19-9-13-21(14-10-19)29-22(26)15-28-20-11-7-18(8-12-20)23(27)17-5-3-2-4-6-17/h2-14H,15H2,1H3,(H,24,25). The van der Waals surface area contributed by atoms with Crippen LogP contribution in [0.2, 0.25) is 0 Å². The zero-order valence-electron chi connectivity index (χ0n) is 15.8. The van der Waals surface area contributed by atoms with Crippen LogP contribution in [-0.2, 0) is 9.59 Å². The van der Waals surface area contributed by atoms with Crippen LogP contribution in [0, 0.1) is 0 Å². The third-order valence-electron chi connectivity index (χ3n) is 3.92. The van der Waals surface area contributed by atoms with Crippen LogP contribution in [0.1, 0.15) is 22.8 Å². The SMILES string of the molecule is CC(=O)Nc1ccc(OC(=O)COc2ccc(C(=O)c3ccccc3)cc2)cc1. The van der Waals surface area contributed by atoms with E-state index in [1.165, 1.54) is 6.92 Å². The molecule has 3 aromatic carbocycles. The van der Waals surface area contributed by atoms with Crippen molar-refractivity contribution in [3.05, 3.63) is 90.0 Å². The number of rotatable bonds is 7. The highest BCUT2D eigenvalue weighted by atomic mass is 16.6. The van der Waals surface area contributed by atoms with Gasteiger partial charge in [-0.3, -0.25) is 9.59 Å². The number of carbonyl (C=O) groups excluding carboxylic acids is 3. The van der Waals surface area contributed by atoms with E-state index in [2.05, 4.69) is 5.32 Å². The Hall–Kier alpha value is -3.93. The Bertz CT molecular complexity index is 996. The summed E-state index contributed by atoms with van der Waals surface area (Å²) < 4.78 is 10.6. The van der Waals surface area contributed by atoms with Crippen LogP contribution in [0.5, 0.6) is 11.5 Å². The topological polar surface area (TPSA) is 81.7 Å². The molecule has 1 amide bonds. The maximum absolute atomic E-state index is 12.4. The van der Waals surface area contributed by atoms with E-state index in [0.717, 1.165) is 0 Å². The van der Waals surface area contributed by atoms with E-state index >= 15 is 0 Å². The van der Waals surface area contributed by atoms with Gasteiger partial charge in [0.1, 0.15) is 11.5 Å². The number of carbonyl (C=O) groups is 3. The van der Waals surface area contributed by atoms with Crippen LogP contribution in [0.4, 0.5) is 5.69 Å². The van der Waals surface area contributed by atoms with Crippen molar-refractivity contribution in [2.24, 2.45) is 0 Å². The third kappa shape index (κ3) is 5.77. The van der Waals surface area contributed by atoms with Crippen LogP contribution >= 0.6 is 0 Å². The van der Waals surface area contributed by atoms with Gasteiger partial charge in [-0.05, 0) is 48.5 Å². The zero-order chi connectivity index (χ0) is 20.6. The number of benzene rings is 3. The third-order valence-corrected chi connectivity index (χ3v) is 3.92. The maximum atomic E-state index is 12.4. The van der Waals surface area contributed by atoms with Crippen molar-refractivity contribution in [2.45, 2.75) is 6.92 Å². The smallest absolute Gasteiger partial charge is 0.349 e. The summed E-state index contributed by atoms with van der Waals surface area (Å²) in [5.74, 6) is -0.0373. The fourth-order valence-corrected chi connectivity index (χ4v) is 2.57. The number of nitrogens with one attached hydrogen (secondary N) is 1. The Balaban J connectivity index is 1.51. The summed E-state index contributed by atoms with van der Waals surface area (Å²) in [6.07, 6.45) is 0. The van der Waals surface area contributed by atoms with Crippen molar-refractivity contribution in [1.29, 1.82) is 0 Å². The molecular formula is C23H19NO5. The number of hydrogen-bond acceptors (Lipinski definition) is 5. The second-order valence-corrected chi connectivity index (χ2v) is 6.19. The monoisotopic (exact) mass is 389 g/mol. The van der Waals surface area contributed by atoms with Crippen molar-refractivity contribution in [3.63, 3.8) is 0 Å². The first-order valence-corrected chi connectivity index (χ1v) is 8.92. The molecule has 0 saturated carbocycles. The summed E-state index contributed by atoms with van der Waals surface area (Å²) in [7, 11) is 0. The first-order valence-electron chi connectivity index (χ1n) is 8.92. The number of ketones is 1. The van der Waals surface area contributed by atoms with Gasteiger partial charge in [0.2, 0.25) is 5.91 Å². The van der Waals surface area contributed by atoms with Crippen LogP contribution in [0.25, 0.3) is 0 Å². The van der Waals surface area contributed by atoms with Gasteiger partial charge < -0.3 is 14.8 Å². The summed E-state index contributed by atoms with van der Waals surface area (Å²) in [6.45, 7) is 1.13. The predicted octanol–water partition coefficient (Wildman–Crippen LogP) is 3.86. The molecule has 6 nitrogen and oxygen atoms in total. The van der Waals surface area contributed by atoms with Crippen molar-refractivity contribution < 1.29 is 23.9 Å². The van der Waals surface area contributed by atoms with Gasteiger partial charge in [-0.2, -0.15) is 0 Å². The highest BCUT2D eigenvalue weighted by Crippen LogP contribution is 2.17. The summed E-state index contributed by atoms with van der Waals surface area (Å²) in [5.41, 5.74) is 1.75. The van der Waals surface area contributed by atoms with Crippen LogP contribution < -0.4 is 14.8 Å². The van der Waals surface area contributed by atoms with E-state index in [0.29, 0.717) is 28.3 Å². The minimum atomic E-state index is -0.568. The summed E-state index contributed by atoms with van der Waals surface area (Å²) in [6, 6.07) is 22.0. The molecule has 3 aromatic rings. The number of amides is 1. The molecule has 0 heterocycles. The Morgan fingerprint density at radius 1 is 0.759 bits per heavy atom. The lowest BCUT2D eigenvalue weighted by molar-refractivity contribution is -0.136. The molecule has 0 fully saturated rings. The maximum Gasteiger partial charge on any atom is 0.349 e. The van der Waals surface area contributed by atoms with Crippen LogP contribution in [0.15, 0.2) is 78.9 Å². The molecule has 0 aliphatic heterocycles. The molecule has 146 valence electrons. The first kappa shape index (κ1) is 19.8. The highest BCUT2D eigenvalue weighted by molar-refractivity contribution is 6.09. The number of hydrogen-bond donors (Lipinski definition) is 1. The minimum absolute atomic E-state index is 0.0840. The lowest BCUT2D eigenvalue weighted by Gasteiger charge is -2.08. The van der Waals surface area contributed by atoms with Gasteiger partial charge in [0.25, 0.3) is 0 Å². The molecule has 0 radical (unpaired) electrons. The van der Waals surface area contributed by atoms with Gasteiger partial charge in [-0.15, -0.1) is 0 Å². The van der Waals surface area contributed by atoms with Crippen LogP contribution in [-0.4, -0.2) is 24.3 Å². The van der Waals surface area contributed by atoms with Crippen molar-refractivity contribution in [1.82, 2.24) is 0 Å². The van der Waals surface area contributed by atoms with Gasteiger partial charge >= 0.3 is 5.97 Å². The summed E-state index contributed by atoms with van der Waals surface area (Å²) in [5, 5.41) is 2.63. The van der Waals surface area contributed by atoms with Gasteiger partial charge in [0.05, 0.1) is 0 Å². The minimum Gasteiger partial charge on any atom is -0.482 e. The first-order chi connectivity index (χ1) is 14.0. The molecule has 0 atom stereocenters.